The van der Waals surface area contributed by atoms with Crippen LogP contribution >= 0.6 is 11.8 Å². The summed E-state index contributed by atoms with van der Waals surface area (Å²) < 4.78 is 0. The van der Waals surface area contributed by atoms with Crippen LogP contribution in [0.4, 0.5) is 0 Å². The number of rotatable bonds is 6. The van der Waals surface area contributed by atoms with E-state index in [0.29, 0.717) is 6.61 Å². The Morgan fingerprint density at radius 2 is 1.77 bits per heavy atom. The number of aliphatic hydroxyl groups excluding tert-OH is 1. The van der Waals surface area contributed by atoms with Gasteiger partial charge < -0.3 is 5.11 Å². The highest BCUT2D eigenvalue weighted by atomic mass is 32.2. The number of hydrogen-bond acceptors (Lipinski definition) is 2. The average molecular weight is 196 g/mol. The van der Waals surface area contributed by atoms with Crippen LogP contribution in [0.2, 0.25) is 0 Å². The van der Waals surface area contributed by atoms with Gasteiger partial charge in [0.2, 0.25) is 0 Å². The Morgan fingerprint density at radius 1 is 1.00 bits per heavy atom. The summed E-state index contributed by atoms with van der Waals surface area (Å²) >= 11 is 1.89. The van der Waals surface area contributed by atoms with Gasteiger partial charge in [-0.2, -0.15) is 0 Å². The zero-order valence-corrected chi connectivity index (χ0v) is 8.59. The molecule has 1 N–H and O–H groups in total. The molecule has 1 aromatic rings. The Bertz CT molecular complexity index is 211. The van der Waals surface area contributed by atoms with Crippen LogP contribution in [0.15, 0.2) is 35.2 Å². The molecule has 1 rings (SSSR count). The Morgan fingerprint density at radius 3 is 2.46 bits per heavy atom. The third-order valence-electron chi connectivity index (χ3n) is 1.81. The van der Waals surface area contributed by atoms with Gasteiger partial charge >= 0.3 is 0 Å². The van der Waals surface area contributed by atoms with Gasteiger partial charge in [-0.1, -0.05) is 24.6 Å². The molecule has 0 saturated carbocycles. The van der Waals surface area contributed by atoms with Gasteiger partial charge in [0.15, 0.2) is 0 Å². The molecule has 0 fully saturated rings. The van der Waals surface area contributed by atoms with Crippen LogP contribution < -0.4 is 0 Å². The van der Waals surface area contributed by atoms with Crippen molar-refractivity contribution in [3.8, 4) is 0 Å². The summed E-state index contributed by atoms with van der Waals surface area (Å²) in [6, 6.07) is 10.4. The minimum absolute atomic E-state index is 0.329. The quantitative estimate of drug-likeness (QED) is 0.557. The molecular weight excluding hydrogens is 180 g/mol. The average Bonchev–Trinajstić information content (AvgIpc) is 2.19. The van der Waals surface area contributed by atoms with E-state index in [1.807, 2.05) is 17.8 Å². The van der Waals surface area contributed by atoms with Gasteiger partial charge in [0.25, 0.3) is 0 Å². The lowest BCUT2D eigenvalue weighted by molar-refractivity contribution is 0.284. The largest absolute Gasteiger partial charge is 0.396 e. The summed E-state index contributed by atoms with van der Waals surface area (Å²) in [6.07, 6.45) is 3.27. The highest BCUT2D eigenvalue weighted by Gasteiger charge is 1.92. The maximum absolute atomic E-state index is 8.58. The highest BCUT2D eigenvalue weighted by molar-refractivity contribution is 7.99. The van der Waals surface area contributed by atoms with Crippen LogP contribution in [-0.2, 0) is 0 Å². The number of thioether (sulfide) groups is 1. The van der Waals surface area contributed by atoms with E-state index in [1.165, 1.54) is 11.3 Å². The lowest BCUT2D eigenvalue weighted by atomic mass is 10.3. The first-order valence-corrected chi connectivity index (χ1v) is 5.71. The van der Waals surface area contributed by atoms with Crippen molar-refractivity contribution in [3.63, 3.8) is 0 Å². The molecule has 1 nitrogen and oxygen atoms in total. The van der Waals surface area contributed by atoms with Crippen molar-refractivity contribution in [1.82, 2.24) is 0 Å². The summed E-state index contributed by atoms with van der Waals surface area (Å²) in [5.41, 5.74) is 0. The van der Waals surface area contributed by atoms with Crippen molar-refractivity contribution < 1.29 is 5.11 Å². The zero-order chi connectivity index (χ0) is 9.36. The molecule has 0 spiro atoms. The van der Waals surface area contributed by atoms with Crippen molar-refractivity contribution in [2.24, 2.45) is 0 Å². The van der Waals surface area contributed by atoms with Crippen LogP contribution in [0.1, 0.15) is 19.3 Å². The molecule has 13 heavy (non-hydrogen) atoms. The highest BCUT2D eigenvalue weighted by Crippen LogP contribution is 2.18. The molecule has 0 saturated heterocycles. The second-order valence-corrected chi connectivity index (χ2v) is 4.11. The maximum atomic E-state index is 8.58. The Labute approximate surface area is 84.2 Å². The normalized spacial score (nSPS) is 10.2. The van der Waals surface area contributed by atoms with E-state index < -0.39 is 0 Å². The second kappa shape index (κ2) is 6.98. The molecular formula is C11H16OS. The number of aliphatic hydroxyl groups is 1. The summed E-state index contributed by atoms with van der Waals surface area (Å²) in [5.74, 6) is 1.16. The fraction of sp³-hybridized carbons (Fsp3) is 0.455. The smallest absolute Gasteiger partial charge is 0.0431 e. The van der Waals surface area contributed by atoms with Gasteiger partial charge in [-0.05, 0) is 30.7 Å². The summed E-state index contributed by atoms with van der Waals surface area (Å²) in [7, 11) is 0. The van der Waals surface area contributed by atoms with Crippen molar-refractivity contribution in [2.45, 2.75) is 24.2 Å². The fourth-order valence-corrected chi connectivity index (χ4v) is 2.03. The third kappa shape index (κ3) is 4.96. The predicted octanol–water partition coefficient (Wildman–Crippen LogP) is 2.94. The summed E-state index contributed by atoms with van der Waals surface area (Å²) in [6.45, 7) is 0.329. The molecule has 0 unspecified atom stereocenters. The maximum Gasteiger partial charge on any atom is 0.0431 e. The van der Waals surface area contributed by atoms with E-state index in [1.54, 1.807) is 0 Å². The van der Waals surface area contributed by atoms with Gasteiger partial charge in [-0.15, -0.1) is 11.8 Å². The molecule has 0 amide bonds. The topological polar surface area (TPSA) is 20.2 Å². The van der Waals surface area contributed by atoms with Gasteiger partial charge in [0.1, 0.15) is 0 Å². The first-order valence-electron chi connectivity index (χ1n) is 4.72. The molecule has 0 bridgehead atoms. The Hall–Kier alpha value is -0.470. The number of hydrogen-bond donors (Lipinski definition) is 1. The van der Waals surface area contributed by atoms with Gasteiger partial charge in [0, 0.05) is 11.5 Å². The Balaban J connectivity index is 2.07. The van der Waals surface area contributed by atoms with Crippen LogP contribution in [0, 0.1) is 0 Å². The standard InChI is InChI=1S/C11H16OS/c12-9-5-2-6-10-13-11-7-3-1-4-8-11/h1,3-4,7-8,12H,2,5-6,9-10H2. The van der Waals surface area contributed by atoms with Crippen molar-refractivity contribution in [1.29, 1.82) is 0 Å². The molecule has 0 aliphatic heterocycles. The monoisotopic (exact) mass is 196 g/mol. The van der Waals surface area contributed by atoms with Gasteiger partial charge in [-0.3, -0.25) is 0 Å². The minimum atomic E-state index is 0.329. The van der Waals surface area contributed by atoms with E-state index in [2.05, 4.69) is 24.3 Å². The van der Waals surface area contributed by atoms with Crippen LogP contribution in [-0.4, -0.2) is 17.5 Å². The van der Waals surface area contributed by atoms with E-state index in [-0.39, 0.29) is 0 Å². The van der Waals surface area contributed by atoms with Crippen molar-refractivity contribution in [2.75, 3.05) is 12.4 Å². The third-order valence-corrected chi connectivity index (χ3v) is 2.91. The molecule has 0 aliphatic carbocycles. The Kier molecular flexibility index (Phi) is 5.70. The van der Waals surface area contributed by atoms with E-state index in [4.69, 9.17) is 5.11 Å². The summed E-state index contributed by atoms with van der Waals surface area (Å²) in [4.78, 5) is 1.34. The van der Waals surface area contributed by atoms with Crippen molar-refractivity contribution in [3.05, 3.63) is 30.3 Å². The molecule has 2 heteroatoms. The first kappa shape index (κ1) is 10.6. The molecule has 0 aromatic heterocycles. The van der Waals surface area contributed by atoms with Crippen LogP contribution in [0.25, 0.3) is 0 Å². The summed E-state index contributed by atoms with van der Waals surface area (Å²) in [5, 5.41) is 8.58. The lowest BCUT2D eigenvalue weighted by Gasteiger charge is -2.00. The SMILES string of the molecule is OCCCCCSc1ccccc1. The molecule has 0 heterocycles. The van der Waals surface area contributed by atoms with Gasteiger partial charge in [-0.25, -0.2) is 0 Å². The molecule has 0 radical (unpaired) electrons. The fourth-order valence-electron chi connectivity index (χ4n) is 1.10. The minimum Gasteiger partial charge on any atom is -0.396 e. The molecule has 1 aromatic carbocycles. The van der Waals surface area contributed by atoms with E-state index in [9.17, 15) is 0 Å². The van der Waals surface area contributed by atoms with Crippen LogP contribution in [0.3, 0.4) is 0 Å². The van der Waals surface area contributed by atoms with E-state index in [0.717, 1.165) is 18.6 Å². The molecule has 0 aliphatic rings. The van der Waals surface area contributed by atoms with E-state index >= 15 is 0 Å². The van der Waals surface area contributed by atoms with Gasteiger partial charge in [0.05, 0.1) is 0 Å². The van der Waals surface area contributed by atoms with Crippen LogP contribution in [0.5, 0.6) is 0 Å². The second-order valence-electron chi connectivity index (χ2n) is 2.95. The van der Waals surface area contributed by atoms with Crippen molar-refractivity contribution >= 4 is 11.8 Å². The lowest BCUT2D eigenvalue weighted by Crippen LogP contribution is -1.85. The predicted molar refractivity (Wildman–Crippen MR) is 58.1 cm³/mol. The zero-order valence-electron chi connectivity index (χ0n) is 7.78. The number of unbranched alkanes of at least 4 members (excludes halogenated alkanes) is 2. The first-order chi connectivity index (χ1) is 6.43. The number of benzene rings is 1. The molecule has 0 atom stereocenters. The molecule has 72 valence electrons.